The largest absolute Gasteiger partial charge is 0.497 e. The molecule has 0 amide bonds. The molecule has 0 bridgehead atoms. The van der Waals surface area contributed by atoms with Gasteiger partial charge >= 0.3 is 0 Å². The molecule has 112 valence electrons. The lowest BCUT2D eigenvalue weighted by Gasteiger charge is -2.16. The molecule has 21 heavy (non-hydrogen) atoms. The van der Waals surface area contributed by atoms with Crippen LogP contribution in [0, 0.1) is 6.92 Å². The molecule has 0 spiro atoms. The van der Waals surface area contributed by atoms with Gasteiger partial charge < -0.3 is 20.1 Å². The van der Waals surface area contributed by atoms with Gasteiger partial charge in [0.15, 0.2) is 0 Å². The maximum absolute atomic E-state index is 5.95. The Hall–Kier alpha value is -2.43. The quantitative estimate of drug-likeness (QED) is 0.857. The van der Waals surface area contributed by atoms with Crippen LogP contribution in [0.25, 0.3) is 0 Å². The molecular formula is C16H21N3O2. The zero-order chi connectivity index (χ0) is 15.4. The van der Waals surface area contributed by atoms with E-state index >= 15 is 0 Å². The van der Waals surface area contributed by atoms with E-state index in [0.29, 0.717) is 18.0 Å². The molecule has 1 aromatic carbocycles. The highest BCUT2D eigenvalue weighted by molar-refractivity contribution is 5.61. The number of pyridine rings is 1. The lowest BCUT2D eigenvalue weighted by atomic mass is 10.2. The van der Waals surface area contributed by atoms with Crippen LogP contribution in [0.4, 0.5) is 11.4 Å². The van der Waals surface area contributed by atoms with E-state index in [2.05, 4.69) is 4.98 Å². The molecule has 0 aliphatic heterocycles. The zero-order valence-electron chi connectivity index (χ0n) is 12.9. The highest BCUT2D eigenvalue weighted by Crippen LogP contribution is 2.27. The van der Waals surface area contributed by atoms with E-state index in [9.17, 15) is 0 Å². The standard InChI is InChI=1S/C16H21N3O2/c1-11-7-14(20-4)8-12(18-11)10-21-16-9-13(19(2)3)5-6-15(16)17/h5-9H,10,17H2,1-4H3. The lowest BCUT2D eigenvalue weighted by molar-refractivity contribution is 0.301. The number of nitrogens with two attached hydrogens (primary N) is 1. The second kappa shape index (κ2) is 6.35. The lowest BCUT2D eigenvalue weighted by Crippen LogP contribution is -2.09. The predicted molar refractivity (Wildman–Crippen MR) is 85.0 cm³/mol. The SMILES string of the molecule is COc1cc(C)nc(COc2cc(N(C)C)ccc2N)c1. The topological polar surface area (TPSA) is 60.6 Å². The zero-order valence-corrected chi connectivity index (χ0v) is 12.9. The average Bonchev–Trinajstić information content (AvgIpc) is 2.45. The number of nitrogen functional groups attached to an aromatic ring is 1. The molecule has 0 aliphatic carbocycles. The smallest absolute Gasteiger partial charge is 0.144 e. The van der Waals surface area contributed by atoms with Crippen molar-refractivity contribution in [1.29, 1.82) is 0 Å². The summed E-state index contributed by atoms with van der Waals surface area (Å²) in [5.41, 5.74) is 9.30. The number of ether oxygens (including phenoxy) is 2. The number of aryl methyl sites for hydroxylation is 1. The first-order chi connectivity index (χ1) is 9.99. The molecule has 0 saturated carbocycles. The summed E-state index contributed by atoms with van der Waals surface area (Å²) >= 11 is 0. The van der Waals surface area contributed by atoms with Crippen molar-refractivity contribution < 1.29 is 9.47 Å². The number of hydrogen-bond donors (Lipinski definition) is 1. The summed E-state index contributed by atoms with van der Waals surface area (Å²) in [4.78, 5) is 6.43. The summed E-state index contributed by atoms with van der Waals surface area (Å²) < 4.78 is 11.0. The van der Waals surface area contributed by atoms with Gasteiger partial charge in [0.2, 0.25) is 0 Å². The third-order valence-corrected chi connectivity index (χ3v) is 3.10. The van der Waals surface area contributed by atoms with Crippen LogP contribution in [-0.4, -0.2) is 26.2 Å². The third-order valence-electron chi connectivity index (χ3n) is 3.10. The van der Waals surface area contributed by atoms with Gasteiger partial charge in [0.1, 0.15) is 18.1 Å². The van der Waals surface area contributed by atoms with Gasteiger partial charge in [0.25, 0.3) is 0 Å². The highest BCUT2D eigenvalue weighted by atomic mass is 16.5. The fourth-order valence-corrected chi connectivity index (χ4v) is 1.97. The Morgan fingerprint density at radius 2 is 1.95 bits per heavy atom. The molecule has 5 heteroatoms. The summed E-state index contributed by atoms with van der Waals surface area (Å²) in [5, 5.41) is 0. The first-order valence-corrected chi connectivity index (χ1v) is 6.71. The molecule has 1 aromatic heterocycles. The molecule has 2 aromatic rings. The Balaban J connectivity index is 2.16. The summed E-state index contributed by atoms with van der Waals surface area (Å²) in [6, 6.07) is 9.46. The molecule has 0 atom stereocenters. The molecule has 0 saturated heterocycles. The van der Waals surface area contributed by atoms with Gasteiger partial charge in [0.05, 0.1) is 18.5 Å². The van der Waals surface area contributed by atoms with Gasteiger partial charge in [-0.2, -0.15) is 0 Å². The molecule has 0 radical (unpaired) electrons. The van der Waals surface area contributed by atoms with Gasteiger partial charge in [-0.05, 0) is 19.1 Å². The number of rotatable bonds is 5. The van der Waals surface area contributed by atoms with Gasteiger partial charge in [-0.25, -0.2) is 0 Å². The van der Waals surface area contributed by atoms with Gasteiger partial charge in [0, 0.05) is 43.7 Å². The molecule has 2 rings (SSSR count). The van der Waals surface area contributed by atoms with Crippen molar-refractivity contribution in [2.45, 2.75) is 13.5 Å². The minimum Gasteiger partial charge on any atom is -0.497 e. The minimum atomic E-state index is 0.346. The van der Waals surface area contributed by atoms with E-state index in [4.69, 9.17) is 15.2 Å². The number of hydrogen-bond acceptors (Lipinski definition) is 5. The summed E-state index contributed by atoms with van der Waals surface area (Å²) in [5.74, 6) is 1.43. The Morgan fingerprint density at radius 1 is 1.19 bits per heavy atom. The van der Waals surface area contributed by atoms with Crippen LogP contribution in [0.1, 0.15) is 11.4 Å². The number of anilines is 2. The van der Waals surface area contributed by atoms with Crippen LogP contribution in [0.5, 0.6) is 11.5 Å². The molecule has 0 fully saturated rings. The average molecular weight is 287 g/mol. The van der Waals surface area contributed by atoms with Crippen molar-refractivity contribution in [2.24, 2.45) is 0 Å². The first kappa shape index (κ1) is 15.0. The Morgan fingerprint density at radius 3 is 2.62 bits per heavy atom. The highest BCUT2D eigenvalue weighted by Gasteiger charge is 2.06. The molecule has 0 aliphatic rings. The number of methoxy groups -OCH3 is 1. The Bertz CT molecular complexity index is 627. The van der Waals surface area contributed by atoms with Crippen LogP contribution in [-0.2, 0) is 6.61 Å². The molecule has 1 heterocycles. The van der Waals surface area contributed by atoms with Crippen LogP contribution in [0.3, 0.4) is 0 Å². The van der Waals surface area contributed by atoms with Gasteiger partial charge in [-0.15, -0.1) is 0 Å². The van der Waals surface area contributed by atoms with Crippen LogP contribution in [0.15, 0.2) is 30.3 Å². The first-order valence-electron chi connectivity index (χ1n) is 6.71. The van der Waals surface area contributed by atoms with Crippen molar-refractivity contribution in [1.82, 2.24) is 4.98 Å². The van der Waals surface area contributed by atoms with Gasteiger partial charge in [-0.1, -0.05) is 0 Å². The van der Waals surface area contributed by atoms with Crippen molar-refractivity contribution in [3.05, 3.63) is 41.7 Å². The van der Waals surface area contributed by atoms with Crippen molar-refractivity contribution in [3.8, 4) is 11.5 Å². The Labute approximate surface area is 125 Å². The number of benzene rings is 1. The van der Waals surface area contributed by atoms with Crippen molar-refractivity contribution >= 4 is 11.4 Å². The summed E-state index contributed by atoms with van der Waals surface area (Å²) in [6.45, 7) is 2.27. The molecular weight excluding hydrogens is 266 g/mol. The fourth-order valence-electron chi connectivity index (χ4n) is 1.97. The van der Waals surface area contributed by atoms with E-state index in [1.807, 2.05) is 56.3 Å². The van der Waals surface area contributed by atoms with E-state index in [-0.39, 0.29) is 0 Å². The predicted octanol–water partition coefficient (Wildman–Crippen LogP) is 2.63. The fraction of sp³-hybridized carbons (Fsp3) is 0.312. The molecule has 5 nitrogen and oxygen atoms in total. The van der Waals surface area contributed by atoms with Crippen LogP contribution < -0.4 is 20.1 Å². The van der Waals surface area contributed by atoms with Crippen LogP contribution in [0.2, 0.25) is 0 Å². The Kier molecular flexibility index (Phi) is 4.52. The molecule has 0 unspecified atom stereocenters. The van der Waals surface area contributed by atoms with Gasteiger partial charge in [-0.3, -0.25) is 4.98 Å². The number of nitrogens with zero attached hydrogens (tertiary/aromatic N) is 2. The summed E-state index contributed by atoms with van der Waals surface area (Å²) in [7, 11) is 5.59. The van der Waals surface area contributed by atoms with E-state index in [1.54, 1.807) is 7.11 Å². The monoisotopic (exact) mass is 287 g/mol. The van der Waals surface area contributed by atoms with Crippen molar-refractivity contribution in [2.75, 3.05) is 31.8 Å². The molecule has 2 N–H and O–H groups in total. The minimum absolute atomic E-state index is 0.346. The second-order valence-electron chi connectivity index (χ2n) is 5.04. The maximum Gasteiger partial charge on any atom is 0.144 e. The van der Waals surface area contributed by atoms with E-state index in [0.717, 1.165) is 22.8 Å². The summed E-state index contributed by atoms with van der Waals surface area (Å²) in [6.07, 6.45) is 0. The van der Waals surface area contributed by atoms with E-state index < -0.39 is 0 Å². The normalized spacial score (nSPS) is 10.3. The second-order valence-corrected chi connectivity index (χ2v) is 5.04. The van der Waals surface area contributed by atoms with Crippen molar-refractivity contribution in [3.63, 3.8) is 0 Å². The third kappa shape index (κ3) is 3.78. The van der Waals surface area contributed by atoms with E-state index in [1.165, 1.54) is 0 Å². The maximum atomic E-state index is 5.95. The number of aromatic nitrogens is 1. The van der Waals surface area contributed by atoms with Crippen LogP contribution >= 0.6 is 0 Å².